The molecule has 6 aromatic carbocycles. The summed E-state index contributed by atoms with van der Waals surface area (Å²) in [5.74, 6) is -1.14. The Morgan fingerprint density at radius 2 is 1.25 bits per heavy atom. The molecule has 0 aliphatic rings. The number of benzene rings is 6. The first kappa shape index (κ1) is 43.0. The molecular formula is C42H37BrIN5O8S2. The Bertz CT molecular complexity index is 2790. The van der Waals surface area contributed by atoms with Crippen LogP contribution < -0.4 is 41.6 Å². The summed E-state index contributed by atoms with van der Waals surface area (Å²) in [7, 11) is -8.26. The Morgan fingerprint density at radius 1 is 0.644 bits per heavy atom. The molecule has 0 aromatic heterocycles. The fraction of sp³-hybridized carbons (Fsp3) is 0.0952. The summed E-state index contributed by atoms with van der Waals surface area (Å²) in [6.07, 6.45) is 0.462. The molecule has 0 unspecified atom stereocenters. The first-order valence-corrected chi connectivity index (χ1v) is 23.6. The zero-order chi connectivity index (χ0) is 42.3. The van der Waals surface area contributed by atoms with Crippen LogP contribution in [0.25, 0.3) is 0 Å². The Labute approximate surface area is 360 Å². The molecule has 0 fully saturated rings. The van der Waals surface area contributed by atoms with E-state index in [0.717, 1.165) is 10.0 Å². The first-order chi connectivity index (χ1) is 28.1. The minimum absolute atomic E-state index is 0.0640. The van der Waals surface area contributed by atoms with Gasteiger partial charge in [-0.3, -0.25) is 9.52 Å². The van der Waals surface area contributed by atoms with Gasteiger partial charge in [0.15, 0.2) is 0 Å². The maximum atomic E-state index is 14.0. The van der Waals surface area contributed by atoms with E-state index in [1.165, 1.54) is 36.4 Å². The molecule has 5 N–H and O–H groups in total. The molecule has 6 aromatic rings. The maximum absolute atomic E-state index is 14.0. The summed E-state index contributed by atoms with van der Waals surface area (Å²) in [6.45, 7) is 3.64. The van der Waals surface area contributed by atoms with E-state index in [4.69, 9.17) is 0 Å². The van der Waals surface area contributed by atoms with Gasteiger partial charge in [0.25, 0.3) is 15.9 Å². The molecule has 304 valence electrons. The van der Waals surface area contributed by atoms with Gasteiger partial charge in [-0.1, -0.05) is 57.9 Å². The summed E-state index contributed by atoms with van der Waals surface area (Å²) < 4.78 is 60.8. The number of carbonyl (C=O) groups excluding carboxylic acids is 2. The summed E-state index contributed by atoms with van der Waals surface area (Å²) in [6, 6.07) is 35.5. The molecule has 0 aliphatic carbocycles. The van der Waals surface area contributed by atoms with Crippen molar-refractivity contribution in [1.29, 1.82) is 0 Å². The number of hydrogen-bond acceptors (Lipinski definition) is 7. The van der Waals surface area contributed by atoms with Gasteiger partial charge in [0.1, 0.15) is 0 Å². The van der Waals surface area contributed by atoms with Crippen molar-refractivity contribution in [2.45, 2.75) is 36.5 Å². The number of sulfonamides is 2. The monoisotopic (exact) mass is 1010 g/mol. The number of halogens is 2. The van der Waals surface area contributed by atoms with E-state index in [1.807, 2.05) is 6.92 Å². The number of anilines is 4. The molecule has 0 spiro atoms. The molecule has 2 amide bonds. The van der Waals surface area contributed by atoms with Crippen molar-refractivity contribution in [2.75, 3.05) is 20.1 Å². The smallest absolute Gasteiger partial charge is 0.322 e. The van der Waals surface area contributed by atoms with Crippen LogP contribution in [-0.4, -0.2) is 37.0 Å². The fourth-order valence-electron chi connectivity index (χ4n) is 5.90. The third-order valence-corrected chi connectivity index (χ3v) is 14.0. The number of amides is 2. The van der Waals surface area contributed by atoms with Crippen LogP contribution in [0.5, 0.6) is 0 Å². The average molecular weight is 1010 g/mol. The second-order valence-electron chi connectivity index (χ2n) is 13.3. The Kier molecular flexibility index (Phi) is 13.5. The SMILES string of the molecule is Cc1ccc(NS(=O)(=O)c2cc(C(=O)Nc3cc([I-][N+](=O)O)ccc3C)ccc2CCc2ccccc2NC(=O)c2cccc(S(=O)(=O)Nc3ccc(Br)cc3)c2)cc1. The van der Waals surface area contributed by atoms with E-state index in [9.17, 15) is 36.5 Å². The number of nitrogens with one attached hydrogen (secondary N) is 4. The summed E-state index contributed by atoms with van der Waals surface area (Å²) in [5.41, 5.74) is 4.42. The van der Waals surface area contributed by atoms with Crippen molar-refractivity contribution in [3.8, 4) is 0 Å². The van der Waals surface area contributed by atoms with Gasteiger partial charge in [0, 0.05) is 21.4 Å². The average Bonchev–Trinajstić information content (AvgIpc) is 3.20. The normalized spacial score (nSPS) is 11.4. The third kappa shape index (κ3) is 11.3. The van der Waals surface area contributed by atoms with Crippen molar-refractivity contribution >= 4 is 70.5 Å². The number of rotatable bonds is 15. The summed E-state index contributed by atoms with van der Waals surface area (Å²) >= 11 is 1.91. The van der Waals surface area contributed by atoms with Gasteiger partial charge < -0.3 is 5.32 Å². The van der Waals surface area contributed by atoms with E-state index < -0.39 is 53.3 Å². The number of hydrogen-bond donors (Lipinski definition) is 5. The van der Waals surface area contributed by atoms with E-state index in [2.05, 4.69) is 36.0 Å². The van der Waals surface area contributed by atoms with Gasteiger partial charge in [-0.15, -0.1) is 0 Å². The van der Waals surface area contributed by atoms with Crippen molar-refractivity contribution in [3.63, 3.8) is 0 Å². The second kappa shape index (κ2) is 18.5. The van der Waals surface area contributed by atoms with E-state index in [-0.39, 0.29) is 36.9 Å². The fourth-order valence-corrected chi connectivity index (χ4v) is 9.89. The molecule has 0 radical (unpaired) electrons. The molecule has 0 aliphatic heterocycles. The predicted octanol–water partition coefficient (Wildman–Crippen LogP) is 5.30. The van der Waals surface area contributed by atoms with Crippen LogP contribution in [-0.2, 0) is 32.9 Å². The molecule has 0 saturated heterocycles. The van der Waals surface area contributed by atoms with Crippen LogP contribution in [0.4, 0.5) is 22.7 Å². The zero-order valence-electron chi connectivity index (χ0n) is 31.4. The van der Waals surface area contributed by atoms with E-state index in [1.54, 1.807) is 104 Å². The molecule has 17 heteroatoms. The van der Waals surface area contributed by atoms with Crippen LogP contribution in [0.3, 0.4) is 0 Å². The van der Waals surface area contributed by atoms with Gasteiger partial charge in [0.05, 0.1) is 4.90 Å². The predicted molar refractivity (Wildman–Crippen MR) is 225 cm³/mol. The molecule has 59 heavy (non-hydrogen) atoms. The van der Waals surface area contributed by atoms with Gasteiger partial charge in [-0.25, -0.2) is 8.42 Å². The van der Waals surface area contributed by atoms with Crippen molar-refractivity contribution in [3.05, 3.63) is 180 Å². The third-order valence-electron chi connectivity index (χ3n) is 8.97. The minimum Gasteiger partial charge on any atom is -0.322 e. The minimum atomic E-state index is -4.24. The second-order valence-corrected chi connectivity index (χ2v) is 20.1. The van der Waals surface area contributed by atoms with Crippen molar-refractivity contribution in [1.82, 2.24) is 0 Å². The van der Waals surface area contributed by atoms with E-state index in [0.29, 0.717) is 43.0 Å². The molecule has 0 bridgehead atoms. The first-order valence-electron chi connectivity index (χ1n) is 17.8. The van der Waals surface area contributed by atoms with Gasteiger partial charge in [0.2, 0.25) is 0 Å². The molecule has 0 saturated carbocycles. The Balaban J connectivity index is 1.24. The van der Waals surface area contributed by atoms with Crippen molar-refractivity contribution in [2.24, 2.45) is 0 Å². The zero-order valence-corrected chi connectivity index (χ0v) is 36.8. The van der Waals surface area contributed by atoms with Crippen molar-refractivity contribution < 1.29 is 56.2 Å². The van der Waals surface area contributed by atoms with Gasteiger partial charge in [-0.2, -0.15) is 0 Å². The quantitative estimate of drug-likeness (QED) is 0.0521. The number of nitrogens with zero attached hydrogens (tertiary/aromatic N) is 1. The van der Waals surface area contributed by atoms with Crippen LogP contribution in [0.2, 0.25) is 0 Å². The van der Waals surface area contributed by atoms with Crippen LogP contribution in [0.15, 0.2) is 148 Å². The molecule has 0 atom stereocenters. The van der Waals surface area contributed by atoms with Gasteiger partial charge in [-0.05, 0) is 55.5 Å². The van der Waals surface area contributed by atoms with Crippen LogP contribution >= 0.6 is 15.9 Å². The number of aryl methyl sites for hydroxylation is 4. The Hall–Kier alpha value is -5.63. The van der Waals surface area contributed by atoms with E-state index >= 15 is 0 Å². The van der Waals surface area contributed by atoms with Crippen LogP contribution in [0.1, 0.15) is 43.0 Å². The number of carbonyl (C=O) groups is 2. The standard InChI is InChI=1S/C42H37BrIN5O8S2/c1-27-10-20-35(21-11-27)48-59(56,57)40-25-32(42(51)46-39-26-34(44-49(52)53)19-12-28(39)2)16-15-30(40)14-13-29-6-3-4-9-38(29)45-41(50)31-7-5-8-37(24-31)58(54,55)47-36-22-17-33(43)18-23-36/h3-12,15-26,47-48H,13-14H2,1-2H3,(H,45,50)(H,46,51)(H,52,53). The molecule has 6 rings (SSSR count). The molecular weight excluding hydrogens is 973 g/mol. The molecule has 0 heterocycles. The summed E-state index contributed by atoms with van der Waals surface area (Å²) in [4.78, 5) is 38.1. The number of para-hydroxylation sites is 1. The van der Waals surface area contributed by atoms with Crippen LogP contribution in [0, 0.1) is 22.3 Å². The summed E-state index contributed by atoms with van der Waals surface area (Å²) in [5, 5.41) is 14.9. The molecule has 13 nitrogen and oxygen atoms in total. The Morgan fingerprint density at radius 3 is 1.95 bits per heavy atom. The van der Waals surface area contributed by atoms with Gasteiger partial charge >= 0.3 is 184 Å². The topological polar surface area (TPSA) is 191 Å².